The quantitative estimate of drug-likeness (QED) is 0.635. The van der Waals surface area contributed by atoms with Crippen LogP contribution in [0.25, 0.3) is 10.6 Å². The van der Waals surface area contributed by atoms with Crippen LogP contribution in [0.4, 0.5) is 0 Å². The van der Waals surface area contributed by atoms with Gasteiger partial charge in [0.1, 0.15) is 5.01 Å². The second kappa shape index (κ2) is 8.18. The molecule has 0 spiro atoms. The van der Waals surface area contributed by atoms with Crippen molar-refractivity contribution in [3.8, 4) is 10.6 Å². The third-order valence-corrected chi connectivity index (χ3v) is 5.29. The molecule has 3 rings (SSSR count). The first kappa shape index (κ1) is 18.8. The lowest BCUT2D eigenvalue weighted by molar-refractivity contribution is -0.140. The van der Waals surface area contributed by atoms with Crippen LogP contribution in [0.3, 0.4) is 0 Å². The number of aromatic nitrogens is 2. The van der Waals surface area contributed by atoms with Crippen LogP contribution in [-0.2, 0) is 22.5 Å². The zero-order valence-corrected chi connectivity index (χ0v) is 16.1. The van der Waals surface area contributed by atoms with Gasteiger partial charge in [-0.25, -0.2) is 4.98 Å². The molecule has 1 amide bonds. The number of nitrogens with zero attached hydrogens (tertiary/aromatic N) is 2. The first-order chi connectivity index (χ1) is 13.0. The molecular formula is C20H21N3O3S. The van der Waals surface area contributed by atoms with E-state index >= 15 is 0 Å². The molecule has 140 valence electrons. The molecular weight excluding hydrogens is 362 g/mol. The van der Waals surface area contributed by atoms with Gasteiger partial charge in [0.2, 0.25) is 0 Å². The summed E-state index contributed by atoms with van der Waals surface area (Å²) >= 11 is 1.44. The number of ether oxygens (including phenoxy) is 1. The highest BCUT2D eigenvalue weighted by molar-refractivity contribution is 7.13. The fourth-order valence-electron chi connectivity index (χ4n) is 3.24. The van der Waals surface area contributed by atoms with Gasteiger partial charge in [-0.05, 0) is 18.9 Å². The second-order valence-corrected chi connectivity index (χ2v) is 7.03. The Balaban J connectivity index is 2.16. The molecule has 3 aromatic rings. The predicted molar refractivity (Wildman–Crippen MR) is 105 cm³/mol. The highest BCUT2D eigenvalue weighted by Crippen LogP contribution is 2.35. The molecule has 0 aliphatic carbocycles. The topological polar surface area (TPSA) is 87.2 Å². The second-order valence-electron chi connectivity index (χ2n) is 6.13. The van der Waals surface area contributed by atoms with Crippen LogP contribution < -0.4 is 5.73 Å². The molecule has 0 aliphatic rings. The zero-order chi connectivity index (χ0) is 19.4. The number of benzene rings is 1. The minimum Gasteiger partial charge on any atom is -0.469 e. The minimum atomic E-state index is -0.496. The fourth-order valence-corrected chi connectivity index (χ4v) is 3.95. The molecule has 0 saturated carbocycles. The number of thiazole rings is 1. The van der Waals surface area contributed by atoms with E-state index in [-0.39, 0.29) is 12.4 Å². The summed E-state index contributed by atoms with van der Waals surface area (Å²) in [5.74, 6) is -0.797. The van der Waals surface area contributed by atoms with Crippen molar-refractivity contribution >= 4 is 23.2 Å². The summed E-state index contributed by atoms with van der Waals surface area (Å²) in [5.41, 5.74) is 9.62. The lowest BCUT2D eigenvalue weighted by atomic mass is 10.1. The first-order valence-electron chi connectivity index (χ1n) is 8.55. The molecule has 0 atom stereocenters. The Bertz CT molecular complexity index is 947. The monoisotopic (exact) mass is 383 g/mol. The van der Waals surface area contributed by atoms with Gasteiger partial charge in [0, 0.05) is 35.1 Å². The number of esters is 1. The van der Waals surface area contributed by atoms with Crippen molar-refractivity contribution in [1.82, 2.24) is 9.55 Å². The molecule has 7 heteroatoms. The standard InChI is InChI=1S/C20H21N3O3S/c1-13-17(19(21)25)18(20-22-10-11-27-20)15(8-9-16(24)26-2)23(13)12-14-6-4-3-5-7-14/h3-7,10-11H,8-9,12H2,1-2H3,(H2,21,25). The van der Waals surface area contributed by atoms with E-state index in [0.717, 1.165) is 27.5 Å². The number of amides is 1. The number of rotatable bonds is 7. The minimum absolute atomic E-state index is 0.214. The summed E-state index contributed by atoms with van der Waals surface area (Å²) < 4.78 is 6.84. The normalized spacial score (nSPS) is 10.7. The fraction of sp³-hybridized carbons (Fsp3) is 0.250. The molecule has 0 bridgehead atoms. The van der Waals surface area contributed by atoms with Crippen molar-refractivity contribution in [3.05, 3.63) is 64.4 Å². The maximum Gasteiger partial charge on any atom is 0.305 e. The summed E-state index contributed by atoms with van der Waals surface area (Å²) in [6.45, 7) is 2.45. The summed E-state index contributed by atoms with van der Waals surface area (Å²) in [6.07, 6.45) is 2.34. The number of carbonyl (C=O) groups is 2. The van der Waals surface area contributed by atoms with Crippen molar-refractivity contribution in [2.45, 2.75) is 26.3 Å². The van der Waals surface area contributed by atoms with Crippen LogP contribution in [-0.4, -0.2) is 28.5 Å². The van der Waals surface area contributed by atoms with Gasteiger partial charge in [0.15, 0.2) is 0 Å². The van der Waals surface area contributed by atoms with E-state index in [1.54, 1.807) is 6.20 Å². The van der Waals surface area contributed by atoms with E-state index in [2.05, 4.69) is 9.55 Å². The lowest BCUT2D eigenvalue weighted by Crippen LogP contribution is -2.13. The molecule has 2 aromatic heterocycles. The number of methoxy groups -OCH3 is 1. The van der Waals surface area contributed by atoms with Crippen LogP contribution in [0.1, 0.15) is 33.7 Å². The van der Waals surface area contributed by atoms with Gasteiger partial charge >= 0.3 is 5.97 Å². The third kappa shape index (κ3) is 3.93. The molecule has 0 aliphatic heterocycles. The summed E-state index contributed by atoms with van der Waals surface area (Å²) in [4.78, 5) is 28.4. The van der Waals surface area contributed by atoms with Crippen LogP contribution in [0.2, 0.25) is 0 Å². The number of hydrogen-bond acceptors (Lipinski definition) is 5. The van der Waals surface area contributed by atoms with Crippen molar-refractivity contribution < 1.29 is 14.3 Å². The van der Waals surface area contributed by atoms with E-state index in [1.807, 2.05) is 42.6 Å². The predicted octanol–water partition coefficient (Wildman–Crippen LogP) is 3.17. The van der Waals surface area contributed by atoms with E-state index in [4.69, 9.17) is 10.5 Å². The van der Waals surface area contributed by atoms with E-state index in [1.165, 1.54) is 18.4 Å². The van der Waals surface area contributed by atoms with Crippen molar-refractivity contribution in [2.24, 2.45) is 5.73 Å². The zero-order valence-electron chi connectivity index (χ0n) is 15.3. The maximum absolute atomic E-state index is 12.2. The van der Waals surface area contributed by atoms with E-state index < -0.39 is 5.91 Å². The van der Waals surface area contributed by atoms with E-state index in [9.17, 15) is 9.59 Å². The molecule has 0 saturated heterocycles. The van der Waals surface area contributed by atoms with Gasteiger partial charge in [-0.3, -0.25) is 9.59 Å². The lowest BCUT2D eigenvalue weighted by Gasteiger charge is -2.13. The average molecular weight is 383 g/mol. The van der Waals surface area contributed by atoms with Crippen molar-refractivity contribution in [2.75, 3.05) is 7.11 Å². The Labute approximate surface area is 161 Å². The summed E-state index contributed by atoms with van der Waals surface area (Å²) in [5, 5.41) is 2.58. The number of primary amides is 1. The Morgan fingerprint density at radius 1 is 1.26 bits per heavy atom. The van der Waals surface area contributed by atoms with Gasteiger partial charge in [-0.1, -0.05) is 30.3 Å². The van der Waals surface area contributed by atoms with Crippen molar-refractivity contribution in [3.63, 3.8) is 0 Å². The Kier molecular flexibility index (Phi) is 5.71. The summed E-state index contributed by atoms with van der Waals surface area (Å²) in [7, 11) is 1.37. The maximum atomic E-state index is 12.2. The van der Waals surface area contributed by atoms with E-state index in [0.29, 0.717) is 18.5 Å². The molecule has 27 heavy (non-hydrogen) atoms. The third-order valence-electron chi connectivity index (χ3n) is 4.50. The SMILES string of the molecule is COC(=O)CCc1c(-c2nccs2)c(C(N)=O)c(C)n1Cc1ccccc1. The summed E-state index contributed by atoms with van der Waals surface area (Å²) in [6, 6.07) is 9.95. The molecule has 0 fully saturated rings. The molecule has 1 aromatic carbocycles. The number of hydrogen-bond donors (Lipinski definition) is 1. The van der Waals surface area contributed by atoms with Crippen LogP contribution >= 0.6 is 11.3 Å². The van der Waals surface area contributed by atoms with Crippen LogP contribution in [0.5, 0.6) is 0 Å². The molecule has 0 unspecified atom stereocenters. The Morgan fingerprint density at radius 3 is 2.59 bits per heavy atom. The Morgan fingerprint density at radius 2 is 2.00 bits per heavy atom. The van der Waals surface area contributed by atoms with Gasteiger partial charge in [0.05, 0.1) is 19.1 Å². The highest BCUT2D eigenvalue weighted by Gasteiger charge is 2.26. The highest BCUT2D eigenvalue weighted by atomic mass is 32.1. The van der Waals surface area contributed by atoms with Gasteiger partial charge in [-0.15, -0.1) is 11.3 Å². The first-order valence-corrected chi connectivity index (χ1v) is 9.43. The van der Waals surface area contributed by atoms with Gasteiger partial charge < -0.3 is 15.0 Å². The number of nitrogens with two attached hydrogens (primary N) is 1. The van der Waals surface area contributed by atoms with Crippen molar-refractivity contribution in [1.29, 1.82) is 0 Å². The molecule has 0 radical (unpaired) electrons. The molecule has 2 N–H and O–H groups in total. The number of carbonyl (C=O) groups excluding carboxylic acids is 2. The van der Waals surface area contributed by atoms with Gasteiger partial charge in [0.25, 0.3) is 5.91 Å². The Hall–Kier alpha value is -2.93. The van der Waals surface area contributed by atoms with Gasteiger partial charge in [-0.2, -0.15) is 0 Å². The molecule has 6 nitrogen and oxygen atoms in total. The average Bonchev–Trinajstić information content (AvgIpc) is 3.28. The van der Waals surface area contributed by atoms with Crippen LogP contribution in [0, 0.1) is 6.92 Å². The largest absolute Gasteiger partial charge is 0.469 e. The molecule has 2 heterocycles. The van der Waals surface area contributed by atoms with Crippen LogP contribution in [0.15, 0.2) is 41.9 Å². The smallest absolute Gasteiger partial charge is 0.305 e.